The highest BCUT2D eigenvalue weighted by Gasteiger charge is 2.28. The molecule has 1 aromatic heterocycles. The number of benzene rings is 1. The summed E-state index contributed by atoms with van der Waals surface area (Å²) in [6.07, 6.45) is 5.23. The SMILES string of the molecule is CC1CCCCN1C(=O)CN1CCN(C(=O)c2c[nH]c3cccc(Br)c23)CC1. The Balaban J connectivity index is 1.36. The number of nitrogens with one attached hydrogen (secondary N) is 1. The zero-order chi connectivity index (χ0) is 19.7. The van der Waals surface area contributed by atoms with Crippen LogP contribution in [0.1, 0.15) is 36.5 Å². The van der Waals surface area contributed by atoms with Gasteiger partial charge in [-0.1, -0.05) is 22.0 Å². The van der Waals surface area contributed by atoms with E-state index in [0.29, 0.717) is 31.2 Å². The summed E-state index contributed by atoms with van der Waals surface area (Å²) in [6.45, 7) is 6.27. The molecule has 150 valence electrons. The monoisotopic (exact) mass is 446 g/mol. The molecule has 1 atom stereocenters. The van der Waals surface area contributed by atoms with Crippen LogP contribution in [-0.4, -0.2) is 76.8 Å². The van der Waals surface area contributed by atoms with E-state index >= 15 is 0 Å². The number of carbonyl (C=O) groups is 2. The number of amides is 2. The van der Waals surface area contributed by atoms with Crippen LogP contribution >= 0.6 is 15.9 Å². The number of aromatic amines is 1. The largest absolute Gasteiger partial charge is 0.360 e. The molecule has 1 unspecified atom stereocenters. The predicted octanol–water partition coefficient (Wildman–Crippen LogP) is 3.09. The third-order valence-electron chi connectivity index (χ3n) is 6.03. The van der Waals surface area contributed by atoms with Crippen molar-refractivity contribution in [1.29, 1.82) is 0 Å². The average Bonchev–Trinajstić information content (AvgIpc) is 3.14. The van der Waals surface area contributed by atoms with Crippen LogP contribution in [0.2, 0.25) is 0 Å². The summed E-state index contributed by atoms with van der Waals surface area (Å²) in [4.78, 5) is 35.0. The lowest BCUT2D eigenvalue weighted by atomic mass is 10.0. The van der Waals surface area contributed by atoms with E-state index in [-0.39, 0.29) is 11.8 Å². The first kappa shape index (κ1) is 19.5. The molecule has 0 saturated carbocycles. The standard InChI is InChI=1S/C21H27BrN4O2/c1-15-5-2-3-8-26(15)19(27)14-24-9-11-25(12-10-24)21(28)16-13-23-18-7-4-6-17(22)20(16)18/h4,6-7,13,15,23H,2-3,5,8-12,14H2,1H3. The second-order valence-corrected chi connectivity index (χ2v) is 8.72. The number of hydrogen-bond acceptors (Lipinski definition) is 3. The van der Waals surface area contributed by atoms with Crippen LogP contribution in [0.5, 0.6) is 0 Å². The minimum Gasteiger partial charge on any atom is -0.360 e. The van der Waals surface area contributed by atoms with Gasteiger partial charge in [0.25, 0.3) is 5.91 Å². The lowest BCUT2D eigenvalue weighted by Crippen LogP contribution is -2.53. The van der Waals surface area contributed by atoms with Crippen molar-refractivity contribution in [2.75, 3.05) is 39.3 Å². The van der Waals surface area contributed by atoms with Crippen molar-refractivity contribution in [1.82, 2.24) is 19.7 Å². The van der Waals surface area contributed by atoms with Gasteiger partial charge in [-0.15, -0.1) is 0 Å². The minimum atomic E-state index is 0.0498. The highest BCUT2D eigenvalue weighted by molar-refractivity contribution is 9.10. The first-order valence-corrected chi connectivity index (χ1v) is 10.9. The Labute approximate surface area is 174 Å². The zero-order valence-electron chi connectivity index (χ0n) is 16.3. The molecule has 2 aromatic rings. The molecule has 1 aromatic carbocycles. The highest BCUT2D eigenvalue weighted by Crippen LogP contribution is 2.28. The van der Waals surface area contributed by atoms with Gasteiger partial charge in [0.1, 0.15) is 0 Å². The molecule has 4 rings (SSSR count). The third-order valence-corrected chi connectivity index (χ3v) is 6.69. The molecule has 2 amide bonds. The van der Waals surface area contributed by atoms with Gasteiger partial charge < -0.3 is 14.8 Å². The molecule has 28 heavy (non-hydrogen) atoms. The van der Waals surface area contributed by atoms with Crippen molar-refractivity contribution < 1.29 is 9.59 Å². The van der Waals surface area contributed by atoms with Crippen LogP contribution in [0.4, 0.5) is 0 Å². The molecule has 0 spiro atoms. The molecule has 0 radical (unpaired) electrons. The van der Waals surface area contributed by atoms with Gasteiger partial charge in [-0.05, 0) is 38.3 Å². The number of likely N-dealkylation sites (tertiary alicyclic amines) is 1. The van der Waals surface area contributed by atoms with Crippen molar-refractivity contribution in [3.63, 3.8) is 0 Å². The van der Waals surface area contributed by atoms with Crippen molar-refractivity contribution in [2.45, 2.75) is 32.2 Å². The molecule has 0 bridgehead atoms. The van der Waals surface area contributed by atoms with Gasteiger partial charge in [-0.25, -0.2) is 0 Å². The number of rotatable bonds is 3. The summed E-state index contributed by atoms with van der Waals surface area (Å²) in [5.74, 6) is 0.279. The van der Waals surface area contributed by atoms with Gasteiger partial charge in [-0.2, -0.15) is 0 Å². The molecule has 6 nitrogen and oxygen atoms in total. The summed E-state index contributed by atoms with van der Waals surface area (Å²) >= 11 is 3.56. The third kappa shape index (κ3) is 3.82. The molecule has 3 heterocycles. The number of aromatic nitrogens is 1. The van der Waals surface area contributed by atoms with Crippen molar-refractivity contribution >= 4 is 38.6 Å². The van der Waals surface area contributed by atoms with Gasteiger partial charge in [0, 0.05) is 60.3 Å². The van der Waals surface area contributed by atoms with Gasteiger partial charge >= 0.3 is 0 Å². The number of carbonyl (C=O) groups excluding carboxylic acids is 2. The van der Waals surface area contributed by atoms with Crippen LogP contribution in [0.25, 0.3) is 10.9 Å². The lowest BCUT2D eigenvalue weighted by molar-refractivity contribution is -0.136. The van der Waals surface area contributed by atoms with E-state index in [4.69, 9.17) is 0 Å². The Morgan fingerprint density at radius 2 is 1.93 bits per heavy atom. The Hall–Kier alpha value is -1.86. The zero-order valence-corrected chi connectivity index (χ0v) is 17.9. The Morgan fingerprint density at radius 3 is 2.68 bits per heavy atom. The van der Waals surface area contributed by atoms with Crippen LogP contribution in [0.15, 0.2) is 28.9 Å². The van der Waals surface area contributed by atoms with Gasteiger partial charge in [-0.3, -0.25) is 14.5 Å². The van der Waals surface area contributed by atoms with Crippen molar-refractivity contribution in [3.8, 4) is 0 Å². The molecular weight excluding hydrogens is 420 g/mol. The second-order valence-electron chi connectivity index (χ2n) is 7.87. The van der Waals surface area contributed by atoms with Crippen LogP contribution < -0.4 is 0 Å². The van der Waals surface area contributed by atoms with E-state index in [1.165, 1.54) is 6.42 Å². The molecule has 1 N–H and O–H groups in total. The number of halogens is 1. The predicted molar refractivity (Wildman–Crippen MR) is 113 cm³/mol. The van der Waals surface area contributed by atoms with Gasteiger partial charge in [0.15, 0.2) is 0 Å². The van der Waals surface area contributed by atoms with E-state index in [1.807, 2.05) is 28.0 Å². The maximum atomic E-state index is 13.0. The van der Waals surface area contributed by atoms with Gasteiger partial charge in [0.05, 0.1) is 12.1 Å². The quantitative estimate of drug-likeness (QED) is 0.787. The number of piperazine rings is 1. The molecule has 2 fully saturated rings. The molecular formula is C21H27BrN4O2. The van der Waals surface area contributed by atoms with E-state index in [0.717, 1.165) is 47.9 Å². The van der Waals surface area contributed by atoms with E-state index in [9.17, 15) is 9.59 Å². The van der Waals surface area contributed by atoms with E-state index in [2.05, 4.69) is 32.7 Å². The maximum Gasteiger partial charge on any atom is 0.256 e. The van der Waals surface area contributed by atoms with Crippen LogP contribution in [-0.2, 0) is 4.79 Å². The molecule has 2 aliphatic rings. The lowest BCUT2D eigenvalue weighted by Gasteiger charge is -2.38. The first-order valence-electron chi connectivity index (χ1n) is 10.1. The first-order chi connectivity index (χ1) is 13.5. The molecule has 7 heteroatoms. The van der Waals surface area contributed by atoms with E-state index in [1.54, 1.807) is 6.20 Å². The van der Waals surface area contributed by atoms with Crippen LogP contribution in [0.3, 0.4) is 0 Å². The van der Waals surface area contributed by atoms with Gasteiger partial charge in [0.2, 0.25) is 5.91 Å². The maximum absolute atomic E-state index is 13.0. The Bertz CT molecular complexity index is 872. The number of fused-ring (bicyclic) bond motifs is 1. The summed E-state index contributed by atoms with van der Waals surface area (Å²) in [6, 6.07) is 6.24. The molecule has 0 aliphatic carbocycles. The minimum absolute atomic E-state index is 0.0498. The Kier molecular flexibility index (Phi) is 5.73. The Morgan fingerprint density at radius 1 is 1.14 bits per heavy atom. The summed E-state index contributed by atoms with van der Waals surface area (Å²) < 4.78 is 0.925. The number of H-pyrrole nitrogens is 1. The van der Waals surface area contributed by atoms with Crippen molar-refractivity contribution in [2.24, 2.45) is 0 Å². The summed E-state index contributed by atoms with van der Waals surface area (Å²) in [5.41, 5.74) is 1.66. The summed E-state index contributed by atoms with van der Waals surface area (Å²) in [7, 11) is 0. The molecule has 2 aliphatic heterocycles. The van der Waals surface area contributed by atoms with E-state index < -0.39 is 0 Å². The normalized spacial score (nSPS) is 21.3. The fraction of sp³-hybridized carbons (Fsp3) is 0.524. The fourth-order valence-corrected chi connectivity index (χ4v) is 4.92. The average molecular weight is 447 g/mol. The summed E-state index contributed by atoms with van der Waals surface area (Å²) in [5, 5.41) is 0.934. The highest BCUT2D eigenvalue weighted by atomic mass is 79.9. The second kappa shape index (κ2) is 8.25. The fourth-order valence-electron chi connectivity index (χ4n) is 4.34. The van der Waals surface area contributed by atoms with Crippen molar-refractivity contribution in [3.05, 3.63) is 34.4 Å². The number of hydrogen-bond donors (Lipinski definition) is 1. The number of piperidine rings is 1. The number of nitrogens with zero attached hydrogens (tertiary/aromatic N) is 3. The topological polar surface area (TPSA) is 59.7 Å². The smallest absolute Gasteiger partial charge is 0.256 e. The van der Waals surface area contributed by atoms with Crippen LogP contribution in [0, 0.1) is 0 Å². The molecule has 2 saturated heterocycles.